The summed E-state index contributed by atoms with van der Waals surface area (Å²) < 4.78 is 3.14. The molecule has 0 bridgehead atoms. The quantitative estimate of drug-likeness (QED) is 0.679. The van der Waals surface area contributed by atoms with Crippen molar-refractivity contribution in [1.82, 2.24) is 9.36 Å². The molecule has 0 radical (unpaired) electrons. The average molecular weight is 276 g/mol. The monoisotopic (exact) mass is 276 g/mol. The third-order valence-electron chi connectivity index (χ3n) is 3.21. The summed E-state index contributed by atoms with van der Waals surface area (Å²) in [5.74, 6) is 0. The molecule has 0 saturated heterocycles. The van der Waals surface area contributed by atoms with Crippen molar-refractivity contribution >= 4 is 11.4 Å². The van der Waals surface area contributed by atoms with Gasteiger partial charge in [0.15, 0.2) is 0 Å². The van der Waals surface area contributed by atoms with Gasteiger partial charge in [-0.25, -0.2) is 4.68 Å². The van der Waals surface area contributed by atoms with E-state index in [2.05, 4.69) is 0 Å². The van der Waals surface area contributed by atoms with Crippen LogP contribution in [0.4, 0.5) is 11.4 Å². The molecule has 0 saturated carbocycles. The average Bonchev–Trinajstić information content (AvgIpc) is 2.70. The Kier molecular flexibility index (Phi) is 3.60. The SMILES string of the molecule is CCc1c(N)c(=O)n(-c2cccc([N+](=O)[O-])c2)n1CC. The first-order valence-electron chi connectivity index (χ1n) is 6.36. The lowest BCUT2D eigenvalue weighted by Gasteiger charge is -2.11. The maximum absolute atomic E-state index is 12.3. The van der Waals surface area contributed by atoms with Crippen molar-refractivity contribution in [3.8, 4) is 5.69 Å². The largest absolute Gasteiger partial charge is 0.393 e. The van der Waals surface area contributed by atoms with Crippen LogP contribution in [0.1, 0.15) is 19.5 Å². The lowest BCUT2D eigenvalue weighted by Crippen LogP contribution is -2.22. The Morgan fingerprint density at radius 3 is 2.60 bits per heavy atom. The van der Waals surface area contributed by atoms with Crippen molar-refractivity contribution in [3.05, 3.63) is 50.4 Å². The number of anilines is 1. The Bertz CT molecular complexity index is 715. The van der Waals surface area contributed by atoms with Gasteiger partial charge in [0.1, 0.15) is 5.69 Å². The molecule has 1 aromatic heterocycles. The van der Waals surface area contributed by atoms with Crippen LogP contribution in [0.15, 0.2) is 29.1 Å². The molecule has 0 spiro atoms. The number of hydrogen-bond acceptors (Lipinski definition) is 4. The van der Waals surface area contributed by atoms with E-state index in [0.717, 1.165) is 5.69 Å². The molecule has 0 amide bonds. The standard InChI is InChI=1S/C13H16N4O3/c1-3-11-12(14)13(18)16(15(11)4-2)9-6-5-7-10(8-9)17(19)20/h5-8H,3-4,14H2,1-2H3. The Labute approximate surface area is 115 Å². The fourth-order valence-electron chi connectivity index (χ4n) is 2.31. The van der Waals surface area contributed by atoms with Crippen LogP contribution < -0.4 is 11.3 Å². The lowest BCUT2D eigenvalue weighted by atomic mass is 10.3. The van der Waals surface area contributed by atoms with Gasteiger partial charge >= 0.3 is 0 Å². The highest BCUT2D eigenvalue weighted by molar-refractivity contribution is 5.48. The molecule has 0 aliphatic heterocycles. The van der Waals surface area contributed by atoms with Gasteiger partial charge in [-0.3, -0.25) is 19.6 Å². The molecule has 0 aliphatic rings. The highest BCUT2D eigenvalue weighted by Gasteiger charge is 2.18. The molecule has 1 heterocycles. The fourth-order valence-corrected chi connectivity index (χ4v) is 2.31. The minimum absolute atomic E-state index is 0.0603. The zero-order chi connectivity index (χ0) is 14.9. The summed E-state index contributed by atoms with van der Waals surface area (Å²) in [6, 6.07) is 5.96. The molecule has 2 N–H and O–H groups in total. The van der Waals surface area contributed by atoms with E-state index in [1.807, 2.05) is 13.8 Å². The molecule has 7 heteroatoms. The van der Waals surface area contributed by atoms with Gasteiger partial charge in [0.2, 0.25) is 0 Å². The summed E-state index contributed by atoms with van der Waals surface area (Å²) in [5.41, 5.74) is 6.81. The van der Waals surface area contributed by atoms with Gasteiger partial charge in [0, 0.05) is 18.7 Å². The molecule has 0 fully saturated rings. The van der Waals surface area contributed by atoms with Gasteiger partial charge in [0.25, 0.3) is 11.2 Å². The van der Waals surface area contributed by atoms with Crippen molar-refractivity contribution < 1.29 is 4.92 Å². The highest BCUT2D eigenvalue weighted by Crippen LogP contribution is 2.18. The summed E-state index contributed by atoms with van der Waals surface area (Å²) in [4.78, 5) is 22.6. The molecular formula is C13H16N4O3. The van der Waals surface area contributed by atoms with Gasteiger partial charge in [-0.1, -0.05) is 13.0 Å². The third-order valence-corrected chi connectivity index (χ3v) is 3.21. The number of nitro benzene ring substituents is 1. The van der Waals surface area contributed by atoms with Gasteiger partial charge < -0.3 is 5.73 Å². The van der Waals surface area contributed by atoms with Gasteiger partial charge in [-0.15, -0.1) is 0 Å². The summed E-state index contributed by atoms with van der Waals surface area (Å²) in [7, 11) is 0. The van der Waals surface area contributed by atoms with E-state index in [4.69, 9.17) is 5.73 Å². The van der Waals surface area contributed by atoms with Crippen LogP contribution in [-0.2, 0) is 13.0 Å². The van der Waals surface area contributed by atoms with E-state index in [9.17, 15) is 14.9 Å². The van der Waals surface area contributed by atoms with E-state index in [1.165, 1.54) is 16.8 Å². The third kappa shape index (κ3) is 2.07. The number of aromatic nitrogens is 2. The number of nitrogens with zero attached hydrogens (tertiary/aromatic N) is 3. The number of nitrogens with two attached hydrogens (primary N) is 1. The summed E-state index contributed by atoms with van der Waals surface area (Å²) in [6.45, 7) is 4.36. The van der Waals surface area contributed by atoms with Crippen molar-refractivity contribution in [2.24, 2.45) is 0 Å². The minimum Gasteiger partial charge on any atom is -0.393 e. The van der Waals surface area contributed by atoms with E-state index in [-0.39, 0.29) is 16.9 Å². The molecule has 106 valence electrons. The normalized spacial score (nSPS) is 10.7. The second-order valence-corrected chi connectivity index (χ2v) is 4.32. The first-order valence-corrected chi connectivity index (χ1v) is 6.36. The fraction of sp³-hybridized carbons (Fsp3) is 0.308. The first-order chi connectivity index (χ1) is 9.51. The van der Waals surface area contributed by atoms with Crippen molar-refractivity contribution in [2.75, 3.05) is 5.73 Å². The van der Waals surface area contributed by atoms with Gasteiger partial charge in [-0.05, 0) is 19.4 Å². The Balaban J connectivity index is 2.73. The maximum atomic E-state index is 12.3. The Morgan fingerprint density at radius 2 is 2.05 bits per heavy atom. The van der Waals surface area contributed by atoms with Crippen LogP contribution in [-0.4, -0.2) is 14.3 Å². The molecule has 0 atom stereocenters. The lowest BCUT2D eigenvalue weighted by molar-refractivity contribution is -0.384. The first kappa shape index (κ1) is 13.9. The Morgan fingerprint density at radius 1 is 1.35 bits per heavy atom. The molecule has 20 heavy (non-hydrogen) atoms. The molecule has 0 aliphatic carbocycles. The van der Waals surface area contributed by atoms with Crippen LogP contribution in [0.2, 0.25) is 0 Å². The van der Waals surface area contributed by atoms with Crippen LogP contribution >= 0.6 is 0 Å². The second kappa shape index (κ2) is 5.20. The Hall–Kier alpha value is -2.57. The van der Waals surface area contributed by atoms with Crippen LogP contribution in [0.3, 0.4) is 0 Å². The van der Waals surface area contributed by atoms with Crippen molar-refractivity contribution in [1.29, 1.82) is 0 Å². The topological polar surface area (TPSA) is 96.1 Å². The zero-order valence-electron chi connectivity index (χ0n) is 11.4. The number of non-ortho nitro benzene ring substituents is 1. The second-order valence-electron chi connectivity index (χ2n) is 4.32. The molecule has 2 rings (SSSR count). The van der Waals surface area contributed by atoms with E-state index in [0.29, 0.717) is 18.7 Å². The van der Waals surface area contributed by atoms with Crippen LogP contribution in [0, 0.1) is 10.1 Å². The smallest absolute Gasteiger partial charge is 0.294 e. The number of benzene rings is 1. The number of nitro groups is 1. The summed E-state index contributed by atoms with van der Waals surface area (Å²) in [6.07, 6.45) is 0.622. The number of nitrogen functional groups attached to an aromatic ring is 1. The minimum atomic E-state index is -0.488. The van der Waals surface area contributed by atoms with Crippen molar-refractivity contribution in [2.45, 2.75) is 26.8 Å². The maximum Gasteiger partial charge on any atom is 0.294 e. The predicted molar refractivity (Wildman–Crippen MR) is 76.1 cm³/mol. The molecule has 0 unspecified atom stereocenters. The zero-order valence-corrected chi connectivity index (χ0v) is 11.4. The summed E-state index contributed by atoms with van der Waals surface area (Å²) >= 11 is 0. The predicted octanol–water partition coefficient (Wildman–Crippen LogP) is 1.71. The van der Waals surface area contributed by atoms with Crippen LogP contribution in [0.25, 0.3) is 5.69 Å². The van der Waals surface area contributed by atoms with E-state index >= 15 is 0 Å². The number of hydrogen-bond donors (Lipinski definition) is 1. The molecule has 7 nitrogen and oxygen atoms in total. The summed E-state index contributed by atoms with van der Waals surface area (Å²) in [5, 5.41) is 10.8. The van der Waals surface area contributed by atoms with Gasteiger partial charge in [0.05, 0.1) is 16.3 Å². The highest BCUT2D eigenvalue weighted by atomic mass is 16.6. The molecular weight excluding hydrogens is 260 g/mol. The van der Waals surface area contributed by atoms with Crippen LogP contribution in [0.5, 0.6) is 0 Å². The molecule has 2 aromatic rings. The number of rotatable bonds is 4. The van der Waals surface area contributed by atoms with Gasteiger partial charge in [-0.2, -0.15) is 0 Å². The molecule has 1 aromatic carbocycles. The van der Waals surface area contributed by atoms with E-state index in [1.54, 1.807) is 16.8 Å². The van der Waals surface area contributed by atoms with E-state index < -0.39 is 4.92 Å². The van der Waals surface area contributed by atoms with Crippen molar-refractivity contribution in [3.63, 3.8) is 0 Å².